The average Bonchev–Trinajstić information content (AvgIpc) is 2.25. The number of ether oxygens (including phenoxy) is 1. The molecule has 0 saturated carbocycles. The number of hydrogen-bond donors (Lipinski definition) is 1. The molecule has 0 aliphatic carbocycles. The molecule has 0 amide bonds. The van der Waals surface area contributed by atoms with Gasteiger partial charge < -0.3 is 4.74 Å². The first-order valence-electron chi connectivity index (χ1n) is 5.77. The highest BCUT2D eigenvalue weighted by atomic mass is 32.2. The lowest BCUT2D eigenvalue weighted by atomic mass is 9.97. The van der Waals surface area contributed by atoms with Crippen LogP contribution in [-0.2, 0) is 20.5 Å². The van der Waals surface area contributed by atoms with E-state index in [1.807, 2.05) is 4.72 Å². The quantitative estimate of drug-likeness (QED) is 0.792. The van der Waals surface area contributed by atoms with E-state index < -0.39 is 39.8 Å². The SMILES string of the molecule is CC[C@@H](C(=O)OC)[C@@H](N[S@](=O)C(C)(C)C)C(F)(F)F. The van der Waals surface area contributed by atoms with Crippen molar-refractivity contribution in [3.63, 3.8) is 0 Å². The lowest BCUT2D eigenvalue weighted by molar-refractivity contribution is -0.177. The van der Waals surface area contributed by atoms with E-state index in [-0.39, 0.29) is 6.42 Å². The number of hydrogen-bond acceptors (Lipinski definition) is 3. The van der Waals surface area contributed by atoms with Gasteiger partial charge >= 0.3 is 12.1 Å². The van der Waals surface area contributed by atoms with E-state index in [1.54, 1.807) is 20.8 Å². The minimum Gasteiger partial charge on any atom is -0.469 e. The monoisotopic (exact) mass is 303 g/mol. The van der Waals surface area contributed by atoms with E-state index >= 15 is 0 Å². The van der Waals surface area contributed by atoms with Crippen molar-refractivity contribution in [3.8, 4) is 0 Å². The van der Waals surface area contributed by atoms with Gasteiger partial charge in [0.1, 0.15) is 6.04 Å². The van der Waals surface area contributed by atoms with Crippen molar-refractivity contribution < 1.29 is 26.9 Å². The smallest absolute Gasteiger partial charge is 0.405 e. The maximum atomic E-state index is 13.0. The van der Waals surface area contributed by atoms with E-state index in [0.717, 1.165) is 7.11 Å². The number of nitrogens with one attached hydrogen (secondary N) is 1. The van der Waals surface area contributed by atoms with E-state index in [0.29, 0.717) is 0 Å². The molecule has 0 unspecified atom stereocenters. The fourth-order valence-corrected chi connectivity index (χ4v) is 2.24. The van der Waals surface area contributed by atoms with Crippen molar-refractivity contribution in [2.45, 2.75) is 51.1 Å². The highest BCUT2D eigenvalue weighted by Crippen LogP contribution is 2.29. The predicted octanol–water partition coefficient (Wildman–Crippen LogP) is 2.17. The van der Waals surface area contributed by atoms with Crippen molar-refractivity contribution in [3.05, 3.63) is 0 Å². The largest absolute Gasteiger partial charge is 0.469 e. The molecule has 0 aliphatic heterocycles. The van der Waals surface area contributed by atoms with Crippen LogP contribution >= 0.6 is 0 Å². The topological polar surface area (TPSA) is 55.4 Å². The molecule has 114 valence electrons. The van der Waals surface area contributed by atoms with Crippen LogP contribution in [-0.4, -0.2) is 34.3 Å². The van der Waals surface area contributed by atoms with Gasteiger partial charge in [-0.1, -0.05) is 6.92 Å². The van der Waals surface area contributed by atoms with Gasteiger partial charge in [-0.15, -0.1) is 0 Å². The standard InChI is InChI=1S/C11H20F3NO3S/c1-6-7(9(16)18-5)8(11(12,13)14)15-19(17)10(2,3)4/h7-8,15H,6H2,1-5H3/t7-,8-,19-/m1/s1. The van der Waals surface area contributed by atoms with Gasteiger partial charge in [-0.3, -0.25) is 4.79 Å². The minimum atomic E-state index is -4.68. The highest BCUT2D eigenvalue weighted by molar-refractivity contribution is 7.84. The summed E-state index contributed by atoms with van der Waals surface area (Å²) in [4.78, 5) is 11.4. The Morgan fingerprint density at radius 3 is 2.05 bits per heavy atom. The molecule has 0 aliphatic rings. The summed E-state index contributed by atoms with van der Waals surface area (Å²) in [7, 11) is -0.905. The van der Waals surface area contributed by atoms with E-state index in [4.69, 9.17) is 0 Å². The minimum absolute atomic E-state index is 0.0643. The molecule has 0 aromatic rings. The fraction of sp³-hybridized carbons (Fsp3) is 0.909. The summed E-state index contributed by atoms with van der Waals surface area (Å²) in [6.45, 7) is 6.08. The van der Waals surface area contributed by atoms with Gasteiger partial charge in [0.15, 0.2) is 0 Å². The Bertz CT molecular complexity index is 339. The van der Waals surface area contributed by atoms with Crippen LogP contribution in [0.5, 0.6) is 0 Å². The molecule has 0 aromatic carbocycles. The number of esters is 1. The van der Waals surface area contributed by atoms with Crippen molar-refractivity contribution in [2.24, 2.45) is 5.92 Å². The average molecular weight is 303 g/mol. The highest BCUT2D eigenvalue weighted by Gasteiger charge is 2.48. The van der Waals surface area contributed by atoms with Gasteiger partial charge in [-0.25, -0.2) is 8.93 Å². The van der Waals surface area contributed by atoms with Gasteiger partial charge in [0.2, 0.25) is 0 Å². The van der Waals surface area contributed by atoms with Gasteiger partial charge in [-0.05, 0) is 27.2 Å². The normalized spacial score (nSPS) is 17.7. The maximum Gasteiger partial charge on any atom is 0.405 e. The van der Waals surface area contributed by atoms with E-state index in [9.17, 15) is 22.2 Å². The first kappa shape index (κ1) is 18.4. The number of alkyl halides is 3. The van der Waals surface area contributed by atoms with Crippen LogP contribution in [0.25, 0.3) is 0 Å². The molecule has 0 spiro atoms. The lowest BCUT2D eigenvalue weighted by Gasteiger charge is -2.29. The zero-order chi connectivity index (χ0) is 15.4. The van der Waals surface area contributed by atoms with E-state index in [2.05, 4.69) is 4.74 Å². The third-order valence-electron chi connectivity index (χ3n) is 2.49. The van der Waals surface area contributed by atoms with Crippen molar-refractivity contribution in [1.82, 2.24) is 4.72 Å². The Hall–Kier alpha value is -0.630. The fourth-order valence-electron chi connectivity index (χ4n) is 1.36. The summed E-state index contributed by atoms with van der Waals surface area (Å²) in [5, 5.41) is 0. The van der Waals surface area contributed by atoms with Crippen LogP contribution in [0, 0.1) is 5.92 Å². The predicted molar refractivity (Wildman–Crippen MR) is 66.7 cm³/mol. The van der Waals surface area contributed by atoms with Crippen molar-refractivity contribution in [1.29, 1.82) is 0 Å². The van der Waals surface area contributed by atoms with Crippen LogP contribution in [0.2, 0.25) is 0 Å². The Balaban J connectivity index is 5.24. The van der Waals surface area contributed by atoms with Crippen molar-refractivity contribution >= 4 is 17.0 Å². The first-order valence-corrected chi connectivity index (χ1v) is 6.92. The molecule has 0 saturated heterocycles. The maximum absolute atomic E-state index is 13.0. The van der Waals surface area contributed by atoms with Gasteiger partial charge in [-0.2, -0.15) is 13.2 Å². The first-order chi connectivity index (χ1) is 8.45. The van der Waals surface area contributed by atoms with Crippen LogP contribution in [0.1, 0.15) is 34.1 Å². The summed E-state index contributed by atoms with van der Waals surface area (Å²) in [6, 6.07) is -2.19. The molecule has 0 heterocycles. The lowest BCUT2D eigenvalue weighted by Crippen LogP contribution is -2.53. The van der Waals surface area contributed by atoms with Crippen LogP contribution in [0.4, 0.5) is 13.2 Å². The third kappa shape index (κ3) is 5.48. The Morgan fingerprint density at radius 1 is 1.32 bits per heavy atom. The molecular formula is C11H20F3NO3S. The molecule has 3 atom stereocenters. The number of methoxy groups -OCH3 is 1. The number of rotatable bonds is 5. The molecule has 0 radical (unpaired) electrons. The zero-order valence-electron chi connectivity index (χ0n) is 11.6. The summed E-state index contributed by atoms with van der Waals surface area (Å²) in [5.74, 6) is -2.39. The molecule has 0 aromatic heterocycles. The molecule has 1 N–H and O–H groups in total. The molecule has 0 rings (SSSR count). The second-order valence-electron chi connectivity index (χ2n) is 5.06. The van der Waals surface area contributed by atoms with Gasteiger partial charge in [0, 0.05) is 0 Å². The van der Waals surface area contributed by atoms with Crippen LogP contribution < -0.4 is 4.72 Å². The molecule has 0 bridgehead atoms. The Kier molecular flexibility index (Phi) is 6.47. The summed E-state index contributed by atoms with van der Waals surface area (Å²) in [6.07, 6.45) is -4.75. The zero-order valence-corrected chi connectivity index (χ0v) is 12.4. The number of carbonyl (C=O) groups excluding carboxylic acids is 1. The Labute approximate surface area is 113 Å². The Morgan fingerprint density at radius 2 is 1.79 bits per heavy atom. The molecule has 8 heteroatoms. The van der Waals surface area contributed by atoms with Crippen molar-refractivity contribution in [2.75, 3.05) is 7.11 Å². The summed E-state index contributed by atoms with van der Waals surface area (Å²) >= 11 is 0. The molecule has 4 nitrogen and oxygen atoms in total. The number of carbonyl (C=O) groups is 1. The second kappa shape index (κ2) is 6.69. The van der Waals surface area contributed by atoms with Crippen LogP contribution in [0.15, 0.2) is 0 Å². The third-order valence-corrected chi connectivity index (χ3v) is 4.07. The number of halogens is 3. The second-order valence-corrected chi connectivity index (χ2v) is 7.05. The van der Waals surface area contributed by atoms with Crippen LogP contribution in [0.3, 0.4) is 0 Å². The van der Waals surface area contributed by atoms with Gasteiger partial charge in [0.05, 0.1) is 28.8 Å². The van der Waals surface area contributed by atoms with E-state index in [1.165, 1.54) is 6.92 Å². The summed E-state index contributed by atoms with van der Waals surface area (Å²) in [5.41, 5.74) is 0. The van der Waals surface area contributed by atoms with Gasteiger partial charge in [0.25, 0.3) is 0 Å². The molecule has 0 fully saturated rings. The molecule has 19 heavy (non-hydrogen) atoms. The summed E-state index contributed by atoms with van der Waals surface area (Å²) < 4.78 is 56.3. The molecular weight excluding hydrogens is 283 g/mol.